The molecule has 3 atom stereocenters. The van der Waals surface area contributed by atoms with Gasteiger partial charge in [-0.2, -0.15) is 0 Å². The molecule has 1 saturated heterocycles. The number of nitrogens with zero attached hydrogens (tertiary/aromatic N) is 2. The van der Waals surface area contributed by atoms with Crippen molar-refractivity contribution in [1.29, 1.82) is 0 Å². The Kier molecular flexibility index (Phi) is 5.71. The van der Waals surface area contributed by atoms with Crippen LogP contribution in [0.4, 0.5) is 11.6 Å². The molecule has 1 aliphatic carbocycles. The number of ether oxygens (including phenoxy) is 2. The molecule has 1 amide bonds. The van der Waals surface area contributed by atoms with Gasteiger partial charge in [0.15, 0.2) is 18.2 Å². The smallest absolute Gasteiger partial charge is 0.263 e. The first-order valence-electron chi connectivity index (χ1n) is 10.6. The Balaban J connectivity index is 1.10. The maximum absolute atomic E-state index is 11.5. The fraction of sp³-hybridized carbons (Fsp3) is 0.455. The molecule has 3 heterocycles. The van der Waals surface area contributed by atoms with Gasteiger partial charge < -0.3 is 30.1 Å². The Morgan fingerprint density at radius 3 is 3.06 bits per heavy atom. The van der Waals surface area contributed by atoms with Gasteiger partial charge >= 0.3 is 0 Å². The molecule has 0 saturated carbocycles. The van der Waals surface area contributed by atoms with Gasteiger partial charge in [-0.1, -0.05) is 23.7 Å². The summed E-state index contributed by atoms with van der Waals surface area (Å²) in [5.74, 6) is 1.73. The summed E-state index contributed by atoms with van der Waals surface area (Å²) in [5, 5.41) is 17.4. The Hall–Kier alpha value is -2.39. The lowest BCUT2D eigenvalue weighted by Gasteiger charge is -2.22. The molecule has 3 N–H and O–H groups in total. The minimum absolute atomic E-state index is 0.0153. The summed E-state index contributed by atoms with van der Waals surface area (Å²) in [7, 11) is 0. The predicted molar refractivity (Wildman–Crippen MR) is 116 cm³/mol. The van der Waals surface area contributed by atoms with E-state index in [4.69, 9.17) is 21.1 Å². The molecule has 8 nitrogen and oxygen atoms in total. The maximum atomic E-state index is 11.5. The SMILES string of the molecule is O=C1COc2ccc(N3CC(CCNCC4Cc5cccc(Cl)c5C4)OC3O)nc2N1. The summed E-state index contributed by atoms with van der Waals surface area (Å²) in [5.41, 5.74) is 2.64. The molecule has 9 heteroatoms. The number of aromatic nitrogens is 1. The number of carbonyl (C=O) groups is 1. The van der Waals surface area contributed by atoms with Gasteiger partial charge in [0.2, 0.25) is 6.41 Å². The molecular formula is C22H25ClN4O4. The molecule has 1 aromatic heterocycles. The van der Waals surface area contributed by atoms with E-state index in [1.54, 1.807) is 17.0 Å². The Morgan fingerprint density at radius 2 is 2.19 bits per heavy atom. The fourth-order valence-electron chi connectivity index (χ4n) is 4.49. The molecule has 5 rings (SSSR count). The molecule has 2 aliphatic heterocycles. The fourth-order valence-corrected chi connectivity index (χ4v) is 4.76. The summed E-state index contributed by atoms with van der Waals surface area (Å²) in [4.78, 5) is 17.6. The average molecular weight is 445 g/mol. The van der Waals surface area contributed by atoms with Crippen LogP contribution in [0.2, 0.25) is 5.02 Å². The summed E-state index contributed by atoms with van der Waals surface area (Å²) >= 11 is 6.31. The van der Waals surface area contributed by atoms with Crippen LogP contribution in [0.3, 0.4) is 0 Å². The number of benzene rings is 1. The molecule has 2 aromatic rings. The topological polar surface area (TPSA) is 96.0 Å². The zero-order valence-corrected chi connectivity index (χ0v) is 17.8. The Bertz CT molecular complexity index is 988. The number of aliphatic hydroxyl groups is 1. The monoisotopic (exact) mass is 444 g/mol. The third kappa shape index (κ3) is 4.34. The standard InChI is InChI=1S/C22H25ClN4O4/c23-17-3-1-2-14-8-13(9-16(14)17)10-24-7-6-15-11-27(22(29)31-15)19-5-4-18-21(25-19)26-20(28)12-30-18/h1-5,13,15,22,24,29H,6-12H2,(H,25,26,28). The van der Waals surface area contributed by atoms with Gasteiger partial charge in [0, 0.05) is 5.02 Å². The molecule has 1 fully saturated rings. The molecule has 1 aromatic carbocycles. The van der Waals surface area contributed by atoms with Gasteiger partial charge in [-0.3, -0.25) is 4.79 Å². The van der Waals surface area contributed by atoms with Gasteiger partial charge in [-0.25, -0.2) is 4.98 Å². The number of anilines is 2. The third-order valence-corrected chi connectivity index (χ3v) is 6.38. The number of pyridine rings is 1. The molecule has 3 aliphatic rings. The number of fused-ring (bicyclic) bond motifs is 2. The molecule has 164 valence electrons. The zero-order valence-electron chi connectivity index (χ0n) is 17.0. The lowest BCUT2D eigenvalue weighted by Crippen LogP contribution is -2.32. The van der Waals surface area contributed by atoms with Crippen molar-refractivity contribution in [3.05, 3.63) is 46.5 Å². The summed E-state index contributed by atoms with van der Waals surface area (Å²) < 4.78 is 11.0. The third-order valence-electron chi connectivity index (χ3n) is 6.03. The van der Waals surface area contributed by atoms with Crippen LogP contribution in [-0.2, 0) is 22.4 Å². The van der Waals surface area contributed by atoms with Gasteiger partial charge in [-0.05, 0) is 67.6 Å². The largest absolute Gasteiger partial charge is 0.480 e. The van der Waals surface area contributed by atoms with Crippen molar-refractivity contribution in [3.63, 3.8) is 0 Å². The van der Waals surface area contributed by atoms with Gasteiger partial charge in [0.1, 0.15) is 5.82 Å². The number of nitrogens with one attached hydrogen (secondary N) is 2. The zero-order chi connectivity index (χ0) is 21.4. The van der Waals surface area contributed by atoms with Crippen LogP contribution in [0.1, 0.15) is 17.5 Å². The van der Waals surface area contributed by atoms with E-state index in [9.17, 15) is 9.90 Å². The molecular weight excluding hydrogens is 420 g/mol. The molecule has 3 unspecified atom stereocenters. The van der Waals surface area contributed by atoms with E-state index in [1.807, 2.05) is 12.1 Å². The Labute approximate surface area is 185 Å². The van der Waals surface area contributed by atoms with E-state index in [0.29, 0.717) is 29.8 Å². The van der Waals surface area contributed by atoms with Crippen molar-refractivity contribution in [2.75, 3.05) is 36.5 Å². The molecule has 0 radical (unpaired) electrons. The first-order valence-corrected chi connectivity index (χ1v) is 11.0. The second-order valence-corrected chi connectivity index (χ2v) is 8.64. The first-order chi connectivity index (χ1) is 15.1. The number of hydrogen-bond acceptors (Lipinski definition) is 7. The predicted octanol–water partition coefficient (Wildman–Crippen LogP) is 1.94. The second-order valence-electron chi connectivity index (χ2n) is 8.23. The van der Waals surface area contributed by atoms with E-state index in [0.717, 1.165) is 37.4 Å². The number of hydrogen-bond donors (Lipinski definition) is 3. The summed E-state index contributed by atoms with van der Waals surface area (Å²) in [6, 6.07) is 9.64. The lowest BCUT2D eigenvalue weighted by molar-refractivity contribution is -0.118. The van der Waals surface area contributed by atoms with E-state index in [-0.39, 0.29) is 18.6 Å². The highest BCUT2D eigenvalue weighted by Gasteiger charge is 2.33. The normalized spacial score (nSPS) is 24.5. The van der Waals surface area contributed by atoms with Crippen LogP contribution in [-0.4, -0.2) is 54.8 Å². The van der Waals surface area contributed by atoms with Crippen LogP contribution >= 0.6 is 11.6 Å². The summed E-state index contributed by atoms with van der Waals surface area (Å²) in [6.07, 6.45) is 1.67. The molecule has 31 heavy (non-hydrogen) atoms. The number of carbonyl (C=O) groups excluding carboxylic acids is 1. The van der Waals surface area contributed by atoms with E-state index >= 15 is 0 Å². The summed E-state index contributed by atoms with van der Waals surface area (Å²) in [6.45, 7) is 2.23. The van der Waals surface area contributed by atoms with Gasteiger partial charge in [0.05, 0.1) is 12.6 Å². The van der Waals surface area contributed by atoms with E-state index < -0.39 is 6.41 Å². The van der Waals surface area contributed by atoms with Crippen LogP contribution in [0, 0.1) is 5.92 Å². The quantitative estimate of drug-likeness (QED) is 0.586. The highest BCUT2D eigenvalue weighted by atomic mass is 35.5. The van der Waals surface area contributed by atoms with Crippen molar-refractivity contribution in [2.24, 2.45) is 5.92 Å². The van der Waals surface area contributed by atoms with Gasteiger partial charge in [-0.15, -0.1) is 0 Å². The van der Waals surface area contributed by atoms with Gasteiger partial charge in [0.25, 0.3) is 5.91 Å². The Morgan fingerprint density at radius 1 is 1.29 bits per heavy atom. The maximum Gasteiger partial charge on any atom is 0.263 e. The van der Waals surface area contributed by atoms with Crippen LogP contribution in [0.5, 0.6) is 5.75 Å². The van der Waals surface area contributed by atoms with Crippen molar-refractivity contribution in [2.45, 2.75) is 31.8 Å². The van der Waals surface area contributed by atoms with Crippen molar-refractivity contribution in [1.82, 2.24) is 10.3 Å². The van der Waals surface area contributed by atoms with Crippen molar-refractivity contribution >= 4 is 29.1 Å². The van der Waals surface area contributed by atoms with Crippen molar-refractivity contribution < 1.29 is 19.4 Å². The molecule has 0 spiro atoms. The first kappa shape index (κ1) is 20.5. The second kappa shape index (κ2) is 8.63. The number of halogens is 1. The van der Waals surface area contributed by atoms with Crippen LogP contribution < -0.4 is 20.3 Å². The molecule has 0 bridgehead atoms. The minimum atomic E-state index is -1.07. The van der Waals surface area contributed by atoms with Crippen LogP contribution in [0.15, 0.2) is 30.3 Å². The average Bonchev–Trinajstić information content (AvgIpc) is 3.34. The van der Waals surface area contributed by atoms with E-state index in [1.165, 1.54) is 11.1 Å². The minimum Gasteiger partial charge on any atom is -0.480 e. The van der Waals surface area contributed by atoms with Crippen LogP contribution in [0.25, 0.3) is 0 Å². The lowest BCUT2D eigenvalue weighted by atomic mass is 10.1. The highest BCUT2D eigenvalue weighted by molar-refractivity contribution is 6.31. The number of rotatable bonds is 6. The number of amides is 1. The van der Waals surface area contributed by atoms with E-state index in [2.05, 4.69) is 21.7 Å². The van der Waals surface area contributed by atoms with Crippen molar-refractivity contribution in [3.8, 4) is 5.75 Å². The number of aliphatic hydroxyl groups excluding tert-OH is 1. The highest BCUT2D eigenvalue weighted by Crippen LogP contribution is 2.32.